The van der Waals surface area contributed by atoms with Crippen molar-refractivity contribution in [3.05, 3.63) is 11.5 Å². The van der Waals surface area contributed by atoms with Gasteiger partial charge in [-0.25, -0.2) is 4.79 Å². The lowest BCUT2D eigenvalue weighted by atomic mass is 9.90. The van der Waals surface area contributed by atoms with Gasteiger partial charge in [-0.1, -0.05) is 25.9 Å². The molecule has 3 N–H and O–H groups in total. The molecular weight excluding hydrogens is 184 g/mol. The molecule has 0 saturated carbocycles. The van der Waals surface area contributed by atoms with E-state index in [0.29, 0.717) is 12.2 Å². The second kappa shape index (κ2) is 3.32. The number of hydrogen-bond acceptors (Lipinski definition) is 4. The number of hydrogen-bond donors (Lipinski definition) is 2. The largest absolute Gasteiger partial charge is 0.476 e. The van der Waals surface area contributed by atoms with Crippen LogP contribution in [-0.4, -0.2) is 16.2 Å². The van der Waals surface area contributed by atoms with E-state index in [-0.39, 0.29) is 16.8 Å². The zero-order valence-corrected chi connectivity index (χ0v) is 8.50. The van der Waals surface area contributed by atoms with Crippen LogP contribution in [0.25, 0.3) is 0 Å². The van der Waals surface area contributed by atoms with Crippen LogP contribution < -0.4 is 5.73 Å². The number of carbonyl (C=O) groups is 1. The molecule has 0 fully saturated rings. The molecule has 0 unspecified atom stereocenters. The first-order chi connectivity index (χ1) is 6.31. The Morgan fingerprint density at radius 3 is 2.50 bits per heavy atom. The van der Waals surface area contributed by atoms with Gasteiger partial charge < -0.3 is 15.4 Å². The number of anilines is 1. The Kier molecular flexibility index (Phi) is 2.51. The summed E-state index contributed by atoms with van der Waals surface area (Å²) in [7, 11) is 0. The molecule has 1 heterocycles. The monoisotopic (exact) mass is 198 g/mol. The normalized spacial score (nSPS) is 11.6. The topological polar surface area (TPSA) is 89.3 Å². The van der Waals surface area contributed by atoms with Crippen LogP contribution in [0.3, 0.4) is 0 Å². The van der Waals surface area contributed by atoms with Crippen molar-refractivity contribution < 1.29 is 14.4 Å². The summed E-state index contributed by atoms with van der Waals surface area (Å²) >= 11 is 0. The van der Waals surface area contributed by atoms with Crippen LogP contribution in [0.4, 0.5) is 5.69 Å². The molecule has 78 valence electrons. The third-order valence-electron chi connectivity index (χ3n) is 1.70. The van der Waals surface area contributed by atoms with Crippen LogP contribution in [0.15, 0.2) is 4.52 Å². The molecule has 5 heteroatoms. The molecule has 0 aliphatic carbocycles. The maximum atomic E-state index is 10.6. The molecule has 0 radical (unpaired) electrons. The van der Waals surface area contributed by atoms with Gasteiger partial charge in [0.25, 0.3) is 0 Å². The molecule has 0 saturated heterocycles. The minimum atomic E-state index is -1.16. The van der Waals surface area contributed by atoms with Gasteiger partial charge in [0.05, 0.1) is 0 Å². The van der Waals surface area contributed by atoms with Gasteiger partial charge in [0.1, 0.15) is 5.69 Å². The molecule has 0 aromatic carbocycles. The van der Waals surface area contributed by atoms with Crippen molar-refractivity contribution in [2.24, 2.45) is 5.41 Å². The minimum Gasteiger partial charge on any atom is -0.476 e. The molecule has 0 aliphatic rings. The van der Waals surface area contributed by atoms with Crippen molar-refractivity contribution in [2.45, 2.75) is 27.2 Å². The molecule has 1 aromatic rings. The van der Waals surface area contributed by atoms with E-state index in [0.717, 1.165) is 0 Å². The highest BCUT2D eigenvalue weighted by Crippen LogP contribution is 2.26. The molecule has 14 heavy (non-hydrogen) atoms. The van der Waals surface area contributed by atoms with E-state index < -0.39 is 5.97 Å². The number of carboxylic acids is 1. The Labute approximate surface area is 81.9 Å². The predicted molar refractivity (Wildman–Crippen MR) is 51.0 cm³/mol. The van der Waals surface area contributed by atoms with Crippen LogP contribution in [0.5, 0.6) is 0 Å². The van der Waals surface area contributed by atoms with Crippen molar-refractivity contribution >= 4 is 11.7 Å². The lowest BCUT2D eigenvalue weighted by Gasteiger charge is -2.15. The summed E-state index contributed by atoms with van der Waals surface area (Å²) in [6.45, 7) is 6.03. The van der Waals surface area contributed by atoms with Crippen LogP contribution in [0.2, 0.25) is 0 Å². The van der Waals surface area contributed by atoms with E-state index in [2.05, 4.69) is 5.16 Å². The number of aromatic nitrogens is 1. The van der Waals surface area contributed by atoms with Gasteiger partial charge in [-0.2, -0.15) is 0 Å². The zero-order valence-electron chi connectivity index (χ0n) is 8.50. The van der Waals surface area contributed by atoms with E-state index in [9.17, 15) is 4.79 Å². The fourth-order valence-electron chi connectivity index (χ4n) is 1.09. The first kappa shape index (κ1) is 10.6. The van der Waals surface area contributed by atoms with Crippen molar-refractivity contribution in [1.29, 1.82) is 0 Å². The quantitative estimate of drug-likeness (QED) is 0.752. The van der Waals surface area contributed by atoms with Gasteiger partial charge in [0.2, 0.25) is 5.69 Å². The summed E-state index contributed by atoms with van der Waals surface area (Å²) in [4.78, 5) is 10.6. The van der Waals surface area contributed by atoms with Crippen LogP contribution in [0.1, 0.15) is 37.0 Å². The number of nitrogens with zero attached hydrogens (tertiary/aromatic N) is 1. The Balaban J connectivity index is 2.96. The van der Waals surface area contributed by atoms with Crippen molar-refractivity contribution in [3.8, 4) is 0 Å². The van der Waals surface area contributed by atoms with E-state index >= 15 is 0 Å². The van der Waals surface area contributed by atoms with Crippen LogP contribution in [-0.2, 0) is 6.42 Å². The summed E-state index contributed by atoms with van der Waals surface area (Å²) in [5, 5.41) is 12.1. The smallest absolute Gasteiger partial charge is 0.360 e. The summed E-state index contributed by atoms with van der Waals surface area (Å²) in [6.07, 6.45) is 0.569. The summed E-state index contributed by atoms with van der Waals surface area (Å²) in [6, 6.07) is 0. The Bertz CT molecular complexity index is 349. The van der Waals surface area contributed by atoms with Crippen molar-refractivity contribution in [3.63, 3.8) is 0 Å². The number of aromatic carboxylic acids is 1. The highest BCUT2D eigenvalue weighted by Gasteiger charge is 2.22. The van der Waals surface area contributed by atoms with E-state index in [4.69, 9.17) is 15.4 Å². The third-order valence-corrected chi connectivity index (χ3v) is 1.70. The van der Waals surface area contributed by atoms with Gasteiger partial charge in [-0.15, -0.1) is 0 Å². The number of rotatable bonds is 2. The summed E-state index contributed by atoms with van der Waals surface area (Å²) < 4.78 is 4.88. The molecule has 0 bridgehead atoms. The molecule has 5 nitrogen and oxygen atoms in total. The Morgan fingerprint density at radius 2 is 2.14 bits per heavy atom. The van der Waals surface area contributed by atoms with Gasteiger partial charge in [-0.3, -0.25) is 0 Å². The Hall–Kier alpha value is -1.52. The second-order valence-corrected chi connectivity index (χ2v) is 4.41. The third kappa shape index (κ3) is 2.25. The molecule has 0 aliphatic heterocycles. The fourth-order valence-corrected chi connectivity index (χ4v) is 1.09. The zero-order chi connectivity index (χ0) is 10.9. The van der Waals surface area contributed by atoms with E-state index in [1.54, 1.807) is 0 Å². The highest BCUT2D eigenvalue weighted by atomic mass is 16.5. The lowest BCUT2D eigenvalue weighted by molar-refractivity contribution is 0.0686. The van der Waals surface area contributed by atoms with E-state index in [1.165, 1.54) is 0 Å². The molecule has 0 amide bonds. The number of carboxylic acid groups (broad SMARTS) is 1. The van der Waals surface area contributed by atoms with E-state index in [1.807, 2.05) is 20.8 Å². The highest BCUT2D eigenvalue weighted by molar-refractivity contribution is 5.91. The lowest BCUT2D eigenvalue weighted by Crippen LogP contribution is -2.10. The summed E-state index contributed by atoms with van der Waals surface area (Å²) in [5.41, 5.74) is 5.49. The molecule has 0 atom stereocenters. The van der Waals surface area contributed by atoms with Gasteiger partial charge in [0.15, 0.2) is 5.76 Å². The van der Waals surface area contributed by atoms with Crippen molar-refractivity contribution in [2.75, 3.05) is 5.73 Å². The molecule has 1 aromatic heterocycles. The molecular formula is C9H14N2O3. The van der Waals surface area contributed by atoms with Crippen LogP contribution >= 0.6 is 0 Å². The molecule has 1 rings (SSSR count). The van der Waals surface area contributed by atoms with Gasteiger partial charge in [0, 0.05) is 6.42 Å². The SMILES string of the molecule is CC(C)(C)Cc1onc(C(=O)O)c1N. The predicted octanol–water partition coefficient (Wildman–Crippen LogP) is 1.54. The first-order valence-electron chi connectivity index (χ1n) is 4.28. The van der Waals surface area contributed by atoms with Crippen molar-refractivity contribution in [1.82, 2.24) is 5.16 Å². The maximum absolute atomic E-state index is 10.6. The minimum absolute atomic E-state index is 0.0105. The van der Waals surface area contributed by atoms with Crippen LogP contribution in [0, 0.1) is 5.41 Å². The maximum Gasteiger partial charge on any atom is 0.360 e. The average Bonchev–Trinajstić information content (AvgIpc) is 2.29. The van der Waals surface area contributed by atoms with Gasteiger partial charge >= 0.3 is 5.97 Å². The summed E-state index contributed by atoms with van der Waals surface area (Å²) in [5.74, 6) is -0.721. The fraction of sp³-hybridized carbons (Fsp3) is 0.556. The first-order valence-corrected chi connectivity index (χ1v) is 4.28. The average molecular weight is 198 g/mol. The standard InChI is InChI=1S/C9H14N2O3/c1-9(2,3)4-5-6(10)7(8(12)13)11-14-5/h4,10H2,1-3H3,(H,12,13). The van der Waals surface area contributed by atoms with Gasteiger partial charge in [-0.05, 0) is 5.41 Å². The second-order valence-electron chi connectivity index (χ2n) is 4.41. The number of nitrogen functional groups attached to an aromatic ring is 1. The molecule has 0 spiro atoms. The Morgan fingerprint density at radius 1 is 1.57 bits per heavy atom. The number of nitrogens with two attached hydrogens (primary N) is 1.